The van der Waals surface area contributed by atoms with E-state index >= 15 is 0 Å². The molecular formula is C15H16BrNOS. The average molecular weight is 338 g/mol. The molecule has 1 fully saturated rings. The largest absolute Gasteiger partial charge is 0.488 e. The predicted molar refractivity (Wildman–Crippen MR) is 82.7 cm³/mol. The van der Waals surface area contributed by atoms with E-state index in [9.17, 15) is 0 Å². The summed E-state index contributed by atoms with van der Waals surface area (Å²) in [6.45, 7) is 1.56. The van der Waals surface area contributed by atoms with E-state index in [0.717, 1.165) is 22.8 Å². The molecule has 0 saturated heterocycles. The van der Waals surface area contributed by atoms with Crippen molar-refractivity contribution in [1.82, 2.24) is 5.32 Å². The van der Waals surface area contributed by atoms with Crippen molar-refractivity contribution in [1.29, 1.82) is 0 Å². The smallest absolute Gasteiger partial charge is 0.124 e. The van der Waals surface area contributed by atoms with Crippen molar-refractivity contribution in [2.45, 2.75) is 32.0 Å². The van der Waals surface area contributed by atoms with Crippen LogP contribution in [0.1, 0.15) is 23.3 Å². The highest BCUT2D eigenvalue weighted by molar-refractivity contribution is 9.10. The topological polar surface area (TPSA) is 21.3 Å². The highest BCUT2D eigenvalue weighted by atomic mass is 79.9. The normalized spacial score (nSPS) is 14.6. The number of hydrogen-bond donors (Lipinski definition) is 1. The molecule has 0 bridgehead atoms. The summed E-state index contributed by atoms with van der Waals surface area (Å²) in [6, 6.07) is 11.1. The van der Waals surface area contributed by atoms with Crippen LogP contribution in [0.3, 0.4) is 0 Å². The molecule has 1 aromatic carbocycles. The van der Waals surface area contributed by atoms with Crippen LogP contribution in [0.25, 0.3) is 0 Å². The highest BCUT2D eigenvalue weighted by Gasteiger charge is 2.19. The molecule has 100 valence electrons. The van der Waals surface area contributed by atoms with Gasteiger partial charge in [0.15, 0.2) is 0 Å². The van der Waals surface area contributed by atoms with Gasteiger partial charge in [-0.15, -0.1) is 11.3 Å². The van der Waals surface area contributed by atoms with E-state index in [1.165, 1.54) is 23.3 Å². The lowest BCUT2D eigenvalue weighted by molar-refractivity contribution is 0.309. The van der Waals surface area contributed by atoms with Crippen LogP contribution < -0.4 is 10.1 Å². The second kappa shape index (κ2) is 6.07. The fraction of sp³-hybridized carbons (Fsp3) is 0.333. The van der Waals surface area contributed by atoms with E-state index < -0.39 is 0 Å². The maximum Gasteiger partial charge on any atom is 0.124 e. The third-order valence-electron chi connectivity index (χ3n) is 3.13. The molecular weight excluding hydrogens is 322 g/mol. The van der Waals surface area contributed by atoms with Gasteiger partial charge < -0.3 is 10.1 Å². The number of benzene rings is 1. The maximum atomic E-state index is 5.85. The Morgan fingerprint density at radius 3 is 2.95 bits per heavy atom. The molecule has 1 heterocycles. The number of ether oxygens (including phenoxy) is 1. The first-order valence-corrected chi connectivity index (χ1v) is 8.15. The second-order valence-corrected chi connectivity index (χ2v) is 6.64. The van der Waals surface area contributed by atoms with Crippen LogP contribution in [0.5, 0.6) is 5.75 Å². The summed E-state index contributed by atoms with van der Waals surface area (Å²) in [7, 11) is 0. The first-order chi connectivity index (χ1) is 9.31. The monoisotopic (exact) mass is 337 g/mol. The quantitative estimate of drug-likeness (QED) is 0.846. The summed E-state index contributed by atoms with van der Waals surface area (Å²) in [6.07, 6.45) is 2.64. The SMILES string of the molecule is Brc1ccsc1COc1cccc(CNC2CC2)c1. The van der Waals surface area contributed by atoms with Gasteiger partial charge in [0.25, 0.3) is 0 Å². The van der Waals surface area contributed by atoms with Gasteiger partial charge in [0.1, 0.15) is 12.4 Å². The predicted octanol–water partition coefficient (Wildman–Crippen LogP) is 4.34. The van der Waals surface area contributed by atoms with Gasteiger partial charge in [0, 0.05) is 17.1 Å². The minimum absolute atomic E-state index is 0.623. The zero-order valence-electron chi connectivity index (χ0n) is 10.6. The first kappa shape index (κ1) is 13.2. The Bertz CT molecular complexity index is 551. The summed E-state index contributed by atoms with van der Waals surface area (Å²) < 4.78 is 6.98. The number of thiophene rings is 1. The van der Waals surface area contributed by atoms with E-state index in [1.54, 1.807) is 11.3 Å². The molecule has 2 nitrogen and oxygen atoms in total. The van der Waals surface area contributed by atoms with E-state index in [1.807, 2.05) is 6.07 Å². The molecule has 0 atom stereocenters. The maximum absolute atomic E-state index is 5.85. The van der Waals surface area contributed by atoms with Crippen molar-refractivity contribution in [2.75, 3.05) is 0 Å². The van der Waals surface area contributed by atoms with Gasteiger partial charge in [0.2, 0.25) is 0 Å². The summed E-state index contributed by atoms with van der Waals surface area (Å²) >= 11 is 5.23. The molecule has 4 heteroatoms. The molecule has 1 aromatic heterocycles. The Hall–Kier alpha value is -0.840. The number of rotatable bonds is 6. The van der Waals surface area contributed by atoms with Gasteiger partial charge in [-0.05, 0) is 57.9 Å². The van der Waals surface area contributed by atoms with Gasteiger partial charge >= 0.3 is 0 Å². The van der Waals surface area contributed by atoms with Crippen LogP contribution in [0.4, 0.5) is 0 Å². The summed E-state index contributed by atoms with van der Waals surface area (Å²) in [5.74, 6) is 0.940. The van der Waals surface area contributed by atoms with Crippen molar-refractivity contribution in [2.24, 2.45) is 0 Å². The Morgan fingerprint density at radius 1 is 1.32 bits per heavy atom. The average Bonchev–Trinajstić information content (AvgIpc) is 3.17. The lowest BCUT2D eigenvalue weighted by Crippen LogP contribution is -2.15. The Labute approximate surface area is 125 Å². The van der Waals surface area contributed by atoms with Gasteiger partial charge in [0.05, 0.1) is 4.88 Å². The van der Waals surface area contributed by atoms with Crippen LogP contribution >= 0.6 is 27.3 Å². The van der Waals surface area contributed by atoms with Crippen molar-refractivity contribution in [3.63, 3.8) is 0 Å². The first-order valence-electron chi connectivity index (χ1n) is 6.48. The number of hydrogen-bond acceptors (Lipinski definition) is 3. The zero-order chi connectivity index (χ0) is 13.1. The van der Waals surface area contributed by atoms with Gasteiger partial charge in [-0.1, -0.05) is 12.1 Å². The molecule has 1 aliphatic carbocycles. The Balaban J connectivity index is 1.57. The molecule has 0 aliphatic heterocycles. The summed E-state index contributed by atoms with van der Waals surface area (Å²) in [5.41, 5.74) is 1.29. The molecule has 1 N–H and O–H groups in total. The minimum atomic E-state index is 0.623. The van der Waals surface area contributed by atoms with Gasteiger partial charge in [-0.25, -0.2) is 0 Å². The van der Waals surface area contributed by atoms with Gasteiger partial charge in [-0.3, -0.25) is 0 Å². The molecule has 0 unspecified atom stereocenters. The lowest BCUT2D eigenvalue weighted by atomic mass is 10.2. The summed E-state index contributed by atoms with van der Waals surface area (Å²) in [4.78, 5) is 1.22. The molecule has 19 heavy (non-hydrogen) atoms. The molecule has 0 amide bonds. The van der Waals surface area contributed by atoms with E-state index in [4.69, 9.17) is 4.74 Å². The van der Waals surface area contributed by atoms with Crippen LogP contribution in [-0.4, -0.2) is 6.04 Å². The third kappa shape index (κ3) is 3.81. The molecule has 2 aromatic rings. The fourth-order valence-corrected chi connectivity index (χ4v) is 3.25. The van der Waals surface area contributed by atoms with E-state index in [-0.39, 0.29) is 0 Å². The Morgan fingerprint density at radius 2 is 2.21 bits per heavy atom. The van der Waals surface area contributed by atoms with Crippen LogP contribution in [0, 0.1) is 0 Å². The third-order valence-corrected chi connectivity index (χ3v) is 5.03. The standard InChI is InChI=1S/C15H16BrNOS/c16-14-6-7-19-15(14)10-18-13-3-1-2-11(8-13)9-17-12-4-5-12/h1-3,6-8,12,17H,4-5,9-10H2. The Kier molecular flexibility index (Phi) is 4.21. The molecule has 0 radical (unpaired) electrons. The van der Waals surface area contributed by atoms with Crippen LogP contribution in [-0.2, 0) is 13.2 Å². The molecule has 1 saturated carbocycles. The number of halogens is 1. The van der Waals surface area contributed by atoms with Crippen molar-refractivity contribution < 1.29 is 4.74 Å². The number of nitrogens with one attached hydrogen (secondary N) is 1. The molecule has 1 aliphatic rings. The van der Waals surface area contributed by atoms with Crippen molar-refractivity contribution in [3.05, 3.63) is 50.6 Å². The lowest BCUT2D eigenvalue weighted by Gasteiger charge is -2.08. The minimum Gasteiger partial charge on any atom is -0.488 e. The fourth-order valence-electron chi connectivity index (χ4n) is 1.87. The second-order valence-electron chi connectivity index (χ2n) is 4.78. The van der Waals surface area contributed by atoms with Crippen molar-refractivity contribution in [3.8, 4) is 5.75 Å². The molecule has 0 spiro atoms. The zero-order valence-corrected chi connectivity index (χ0v) is 13.0. The van der Waals surface area contributed by atoms with Crippen LogP contribution in [0.2, 0.25) is 0 Å². The molecule has 3 rings (SSSR count). The van der Waals surface area contributed by atoms with Crippen molar-refractivity contribution >= 4 is 27.3 Å². The van der Waals surface area contributed by atoms with Gasteiger partial charge in [-0.2, -0.15) is 0 Å². The van der Waals surface area contributed by atoms with E-state index in [2.05, 4.69) is 50.9 Å². The van der Waals surface area contributed by atoms with Crippen LogP contribution in [0.15, 0.2) is 40.2 Å². The van der Waals surface area contributed by atoms with E-state index in [0.29, 0.717) is 6.61 Å². The summed E-state index contributed by atoms with van der Waals surface area (Å²) in [5, 5.41) is 5.59. The highest BCUT2D eigenvalue weighted by Crippen LogP contribution is 2.25.